The summed E-state index contributed by atoms with van der Waals surface area (Å²) in [4.78, 5) is 16.4. The van der Waals surface area contributed by atoms with Gasteiger partial charge in [-0.2, -0.15) is 4.98 Å². The maximum absolute atomic E-state index is 12.2. The van der Waals surface area contributed by atoms with E-state index < -0.39 is 0 Å². The molecule has 3 aromatic rings. The second-order valence-corrected chi connectivity index (χ2v) is 5.77. The summed E-state index contributed by atoms with van der Waals surface area (Å²) in [6.45, 7) is 4.03. The van der Waals surface area contributed by atoms with Crippen molar-refractivity contribution in [1.29, 1.82) is 0 Å². The minimum Gasteiger partial charge on any atom is -0.497 e. The van der Waals surface area contributed by atoms with E-state index in [1.165, 1.54) is 5.56 Å². The van der Waals surface area contributed by atoms with Gasteiger partial charge in [-0.15, -0.1) is 0 Å². The Kier molecular flexibility index (Phi) is 4.79. The molecule has 0 atom stereocenters. The molecule has 0 saturated carbocycles. The lowest BCUT2D eigenvalue weighted by Crippen LogP contribution is -2.15. The lowest BCUT2D eigenvalue weighted by atomic mass is 10.1. The first kappa shape index (κ1) is 16.7. The highest BCUT2D eigenvalue weighted by molar-refractivity contribution is 5.92. The molecule has 0 aliphatic carbocycles. The van der Waals surface area contributed by atoms with Crippen LogP contribution in [-0.2, 0) is 11.2 Å². The third kappa shape index (κ3) is 4.03. The van der Waals surface area contributed by atoms with Crippen LogP contribution in [0.3, 0.4) is 0 Å². The Morgan fingerprint density at radius 3 is 2.76 bits per heavy atom. The maximum Gasteiger partial charge on any atom is 0.258 e. The Bertz CT molecular complexity index is 902. The van der Waals surface area contributed by atoms with Crippen LogP contribution in [0.5, 0.6) is 5.75 Å². The molecule has 3 rings (SSSR count). The molecular weight excluding hydrogens is 318 g/mol. The number of carbonyl (C=O) groups excluding carboxylic acids is 1. The van der Waals surface area contributed by atoms with Crippen LogP contribution in [0.25, 0.3) is 11.5 Å². The first-order valence-corrected chi connectivity index (χ1v) is 7.89. The standard InChI is InChI=1S/C19H19N3O3/c1-12-7-8-15(9-13(12)2)20-18(23)11-17-21-19(25-22-17)14-5-4-6-16(10-14)24-3/h4-10H,11H2,1-3H3,(H,20,23). The van der Waals surface area contributed by atoms with Crippen molar-refractivity contribution in [3.63, 3.8) is 0 Å². The molecule has 0 fully saturated rings. The Morgan fingerprint density at radius 2 is 2.00 bits per heavy atom. The van der Waals surface area contributed by atoms with Crippen molar-refractivity contribution in [3.05, 3.63) is 59.4 Å². The van der Waals surface area contributed by atoms with Gasteiger partial charge in [0.05, 0.1) is 13.5 Å². The van der Waals surface area contributed by atoms with Gasteiger partial charge < -0.3 is 14.6 Å². The zero-order chi connectivity index (χ0) is 17.8. The third-order valence-electron chi connectivity index (χ3n) is 3.89. The average molecular weight is 337 g/mol. The molecule has 0 unspecified atom stereocenters. The fourth-order valence-corrected chi connectivity index (χ4v) is 2.37. The van der Waals surface area contributed by atoms with E-state index in [-0.39, 0.29) is 12.3 Å². The second-order valence-electron chi connectivity index (χ2n) is 5.77. The van der Waals surface area contributed by atoms with Crippen molar-refractivity contribution in [2.24, 2.45) is 0 Å². The summed E-state index contributed by atoms with van der Waals surface area (Å²) in [6, 6.07) is 13.1. The molecule has 25 heavy (non-hydrogen) atoms. The van der Waals surface area contributed by atoms with Gasteiger partial charge in [0.25, 0.3) is 5.89 Å². The van der Waals surface area contributed by atoms with Gasteiger partial charge in [-0.3, -0.25) is 4.79 Å². The van der Waals surface area contributed by atoms with E-state index in [1.807, 2.05) is 50.2 Å². The van der Waals surface area contributed by atoms with Crippen LogP contribution in [0.2, 0.25) is 0 Å². The van der Waals surface area contributed by atoms with Crippen molar-refractivity contribution in [1.82, 2.24) is 10.1 Å². The number of nitrogens with one attached hydrogen (secondary N) is 1. The number of nitrogens with zero attached hydrogens (tertiary/aromatic N) is 2. The quantitative estimate of drug-likeness (QED) is 0.770. The molecule has 2 aromatic carbocycles. The number of anilines is 1. The molecule has 0 radical (unpaired) electrons. The minimum absolute atomic E-state index is 0.0421. The molecule has 6 nitrogen and oxygen atoms in total. The maximum atomic E-state index is 12.2. The van der Waals surface area contributed by atoms with E-state index >= 15 is 0 Å². The smallest absolute Gasteiger partial charge is 0.258 e. The number of amides is 1. The fraction of sp³-hybridized carbons (Fsp3) is 0.211. The van der Waals surface area contributed by atoms with Gasteiger partial charge in [-0.25, -0.2) is 0 Å². The molecule has 0 bridgehead atoms. The molecule has 0 aliphatic rings. The van der Waals surface area contributed by atoms with Gasteiger partial charge in [0.2, 0.25) is 5.91 Å². The third-order valence-corrected chi connectivity index (χ3v) is 3.89. The lowest BCUT2D eigenvalue weighted by Gasteiger charge is -2.06. The topological polar surface area (TPSA) is 77.2 Å². The highest BCUT2D eigenvalue weighted by Crippen LogP contribution is 2.22. The summed E-state index contributed by atoms with van der Waals surface area (Å²) in [7, 11) is 1.59. The van der Waals surface area contributed by atoms with E-state index in [2.05, 4.69) is 15.5 Å². The van der Waals surface area contributed by atoms with Crippen LogP contribution >= 0.6 is 0 Å². The normalized spacial score (nSPS) is 10.5. The van der Waals surface area contributed by atoms with E-state index in [0.29, 0.717) is 17.5 Å². The Labute approximate surface area is 145 Å². The van der Waals surface area contributed by atoms with E-state index in [4.69, 9.17) is 9.26 Å². The number of ether oxygens (including phenoxy) is 1. The molecular formula is C19H19N3O3. The van der Waals surface area contributed by atoms with E-state index in [1.54, 1.807) is 13.2 Å². The Balaban J connectivity index is 1.68. The predicted molar refractivity (Wildman–Crippen MR) is 94.5 cm³/mol. The van der Waals surface area contributed by atoms with Crippen molar-refractivity contribution in [2.75, 3.05) is 12.4 Å². The minimum atomic E-state index is -0.193. The molecule has 1 amide bonds. The summed E-state index contributed by atoms with van der Waals surface area (Å²) in [5.74, 6) is 1.19. The van der Waals surface area contributed by atoms with E-state index in [0.717, 1.165) is 16.8 Å². The summed E-state index contributed by atoms with van der Waals surface area (Å²) >= 11 is 0. The molecule has 6 heteroatoms. The van der Waals surface area contributed by atoms with Gasteiger partial charge in [-0.1, -0.05) is 17.3 Å². The SMILES string of the molecule is COc1cccc(-c2nc(CC(=O)Nc3ccc(C)c(C)c3)no2)c1. The van der Waals surface area contributed by atoms with Gasteiger partial charge in [0, 0.05) is 11.3 Å². The van der Waals surface area contributed by atoms with E-state index in [9.17, 15) is 4.79 Å². The second kappa shape index (κ2) is 7.17. The van der Waals surface area contributed by atoms with Crippen molar-refractivity contribution < 1.29 is 14.1 Å². The lowest BCUT2D eigenvalue weighted by molar-refractivity contribution is -0.115. The molecule has 1 aromatic heterocycles. The fourth-order valence-electron chi connectivity index (χ4n) is 2.37. The van der Waals surface area contributed by atoms with Crippen LogP contribution in [0.1, 0.15) is 17.0 Å². The molecule has 128 valence electrons. The van der Waals surface area contributed by atoms with Crippen LogP contribution < -0.4 is 10.1 Å². The van der Waals surface area contributed by atoms with Crippen molar-refractivity contribution in [2.45, 2.75) is 20.3 Å². The summed E-state index contributed by atoms with van der Waals surface area (Å²) in [5, 5.41) is 6.72. The monoisotopic (exact) mass is 337 g/mol. The number of hydrogen-bond donors (Lipinski definition) is 1. The average Bonchev–Trinajstić information content (AvgIpc) is 3.06. The molecule has 0 spiro atoms. The summed E-state index contributed by atoms with van der Waals surface area (Å²) < 4.78 is 10.4. The van der Waals surface area contributed by atoms with Gasteiger partial charge >= 0.3 is 0 Å². The van der Waals surface area contributed by atoms with Crippen molar-refractivity contribution in [3.8, 4) is 17.2 Å². The Hall–Kier alpha value is -3.15. The Morgan fingerprint density at radius 1 is 1.16 bits per heavy atom. The largest absolute Gasteiger partial charge is 0.497 e. The van der Waals surface area contributed by atoms with Crippen LogP contribution in [0.15, 0.2) is 47.0 Å². The number of aryl methyl sites for hydroxylation is 2. The van der Waals surface area contributed by atoms with Gasteiger partial charge in [-0.05, 0) is 55.3 Å². The first-order chi connectivity index (χ1) is 12.0. The predicted octanol–water partition coefficient (Wildman–Crippen LogP) is 3.54. The number of carbonyl (C=O) groups is 1. The van der Waals surface area contributed by atoms with Crippen LogP contribution in [0, 0.1) is 13.8 Å². The van der Waals surface area contributed by atoms with Gasteiger partial charge in [0.1, 0.15) is 5.75 Å². The number of rotatable bonds is 5. The van der Waals surface area contributed by atoms with Gasteiger partial charge in [0.15, 0.2) is 5.82 Å². The number of hydrogen-bond acceptors (Lipinski definition) is 5. The zero-order valence-corrected chi connectivity index (χ0v) is 14.4. The summed E-state index contributed by atoms with van der Waals surface area (Å²) in [6.07, 6.45) is 0.0421. The molecule has 1 N–H and O–H groups in total. The van der Waals surface area contributed by atoms with Crippen LogP contribution in [0.4, 0.5) is 5.69 Å². The number of aromatic nitrogens is 2. The zero-order valence-electron chi connectivity index (χ0n) is 14.4. The highest BCUT2D eigenvalue weighted by Gasteiger charge is 2.13. The molecule has 0 saturated heterocycles. The first-order valence-electron chi connectivity index (χ1n) is 7.89. The molecule has 0 aliphatic heterocycles. The van der Waals surface area contributed by atoms with Crippen molar-refractivity contribution >= 4 is 11.6 Å². The number of methoxy groups -OCH3 is 1. The molecule has 1 heterocycles. The number of benzene rings is 2. The highest BCUT2D eigenvalue weighted by atomic mass is 16.5. The van der Waals surface area contributed by atoms with Crippen LogP contribution in [-0.4, -0.2) is 23.2 Å². The summed E-state index contributed by atoms with van der Waals surface area (Å²) in [5.41, 5.74) is 3.80.